The highest BCUT2D eigenvalue weighted by atomic mass is 16.2. The Morgan fingerprint density at radius 2 is 1.96 bits per heavy atom. The van der Waals surface area contributed by atoms with Crippen LogP contribution in [0.1, 0.15) is 15.9 Å². The van der Waals surface area contributed by atoms with Crippen LogP contribution in [-0.4, -0.2) is 64.9 Å². The Hall–Kier alpha value is -2.60. The molecular weight excluding hydrogens is 316 g/mol. The van der Waals surface area contributed by atoms with Crippen molar-refractivity contribution >= 4 is 11.8 Å². The van der Waals surface area contributed by atoms with Crippen molar-refractivity contribution in [2.75, 3.05) is 32.7 Å². The molecule has 1 unspecified atom stereocenters. The van der Waals surface area contributed by atoms with E-state index in [-0.39, 0.29) is 17.9 Å². The first-order valence-electron chi connectivity index (χ1n) is 8.68. The lowest BCUT2D eigenvalue weighted by Crippen LogP contribution is -2.64. The Morgan fingerprint density at radius 3 is 2.72 bits per heavy atom. The minimum Gasteiger partial charge on any atom is -0.353 e. The van der Waals surface area contributed by atoms with Gasteiger partial charge in [-0.1, -0.05) is 0 Å². The second kappa shape index (κ2) is 6.37. The smallest absolute Gasteiger partial charge is 0.253 e. The number of benzene rings is 1. The molecule has 4 rings (SSSR count). The number of piperazine rings is 2. The number of aryl methyl sites for hydroxylation is 1. The van der Waals surface area contributed by atoms with Crippen LogP contribution in [-0.2, 0) is 4.79 Å². The molecule has 0 bridgehead atoms. The maximum atomic E-state index is 12.9. The molecular formula is C19H22N4O2. The maximum absolute atomic E-state index is 12.9. The van der Waals surface area contributed by atoms with E-state index in [9.17, 15) is 9.59 Å². The van der Waals surface area contributed by atoms with Crippen molar-refractivity contribution in [3.8, 4) is 5.69 Å². The summed E-state index contributed by atoms with van der Waals surface area (Å²) < 4.78 is 2.04. The van der Waals surface area contributed by atoms with Crippen LogP contribution in [0, 0.1) is 6.92 Å². The largest absolute Gasteiger partial charge is 0.353 e. The highest BCUT2D eigenvalue weighted by Crippen LogP contribution is 2.19. The highest BCUT2D eigenvalue weighted by Gasteiger charge is 2.36. The van der Waals surface area contributed by atoms with Crippen LogP contribution in [0.5, 0.6) is 0 Å². The lowest BCUT2D eigenvalue weighted by atomic mass is 10.1. The predicted octanol–water partition coefficient (Wildman–Crippen LogP) is 1.04. The van der Waals surface area contributed by atoms with Crippen LogP contribution < -0.4 is 5.32 Å². The first-order chi connectivity index (χ1) is 12.1. The molecule has 2 saturated heterocycles. The molecule has 25 heavy (non-hydrogen) atoms. The van der Waals surface area contributed by atoms with Gasteiger partial charge in [0, 0.05) is 56.4 Å². The van der Waals surface area contributed by atoms with Gasteiger partial charge in [-0.15, -0.1) is 0 Å². The van der Waals surface area contributed by atoms with Gasteiger partial charge in [-0.2, -0.15) is 0 Å². The summed E-state index contributed by atoms with van der Waals surface area (Å²) in [6, 6.07) is 9.53. The van der Waals surface area contributed by atoms with Gasteiger partial charge in [-0.3, -0.25) is 14.5 Å². The van der Waals surface area contributed by atoms with Crippen molar-refractivity contribution < 1.29 is 9.59 Å². The molecule has 0 radical (unpaired) electrons. The van der Waals surface area contributed by atoms with Crippen LogP contribution in [0.3, 0.4) is 0 Å². The normalized spacial score (nSPS) is 20.9. The number of carbonyl (C=O) groups is 2. The lowest BCUT2D eigenvalue weighted by molar-refractivity contribution is -0.131. The Morgan fingerprint density at radius 1 is 1.16 bits per heavy atom. The fourth-order valence-corrected chi connectivity index (χ4v) is 3.72. The molecule has 2 aromatic rings. The minimum atomic E-state index is -0.216. The van der Waals surface area contributed by atoms with Crippen molar-refractivity contribution in [2.45, 2.75) is 13.0 Å². The van der Waals surface area contributed by atoms with E-state index >= 15 is 0 Å². The van der Waals surface area contributed by atoms with Gasteiger partial charge < -0.3 is 14.8 Å². The molecule has 1 N–H and O–H groups in total. The molecule has 1 atom stereocenters. The van der Waals surface area contributed by atoms with E-state index in [1.54, 1.807) is 4.90 Å². The van der Waals surface area contributed by atoms with E-state index in [2.05, 4.69) is 10.2 Å². The standard InChI is InChI=1S/C19H22N4O2/c1-14-12-15(4-5-16(14)21-7-2-3-8-21)19(25)23-11-10-22-9-6-20-18(24)17(22)13-23/h2-5,7-8,12,17H,6,9-11,13H2,1H3,(H,20,24). The molecule has 2 fully saturated rings. The molecule has 6 heteroatoms. The summed E-state index contributed by atoms with van der Waals surface area (Å²) in [6.45, 7) is 5.46. The third kappa shape index (κ3) is 2.93. The summed E-state index contributed by atoms with van der Waals surface area (Å²) in [4.78, 5) is 28.9. The molecule has 1 aromatic carbocycles. The zero-order valence-electron chi connectivity index (χ0n) is 14.3. The summed E-state index contributed by atoms with van der Waals surface area (Å²) in [7, 11) is 0. The first kappa shape index (κ1) is 15.9. The third-order valence-corrected chi connectivity index (χ3v) is 5.11. The average Bonchev–Trinajstić information content (AvgIpc) is 3.15. The van der Waals surface area contributed by atoms with Crippen molar-refractivity contribution in [1.29, 1.82) is 0 Å². The van der Waals surface area contributed by atoms with E-state index < -0.39 is 0 Å². The van der Waals surface area contributed by atoms with Gasteiger partial charge in [0.25, 0.3) is 5.91 Å². The number of rotatable bonds is 2. The molecule has 2 aliphatic rings. The Labute approximate surface area is 147 Å². The maximum Gasteiger partial charge on any atom is 0.253 e. The second-order valence-corrected chi connectivity index (χ2v) is 6.69. The lowest BCUT2D eigenvalue weighted by Gasteiger charge is -2.43. The van der Waals surface area contributed by atoms with Crippen LogP contribution in [0.4, 0.5) is 0 Å². The highest BCUT2D eigenvalue weighted by molar-refractivity contribution is 5.95. The van der Waals surface area contributed by atoms with Gasteiger partial charge in [0.05, 0.1) is 0 Å². The number of aromatic nitrogens is 1. The molecule has 6 nitrogen and oxygen atoms in total. The van der Waals surface area contributed by atoms with Crippen LogP contribution >= 0.6 is 0 Å². The minimum absolute atomic E-state index is 0.000166. The topological polar surface area (TPSA) is 57.6 Å². The Bertz CT molecular complexity index is 800. The van der Waals surface area contributed by atoms with Gasteiger partial charge in [0.15, 0.2) is 0 Å². The quantitative estimate of drug-likeness (QED) is 0.890. The van der Waals surface area contributed by atoms with Crippen molar-refractivity contribution in [1.82, 2.24) is 19.7 Å². The average molecular weight is 338 g/mol. The van der Waals surface area contributed by atoms with Gasteiger partial charge in [0.2, 0.25) is 5.91 Å². The number of hydrogen-bond acceptors (Lipinski definition) is 3. The summed E-state index contributed by atoms with van der Waals surface area (Å²) >= 11 is 0. The molecule has 0 spiro atoms. The van der Waals surface area contributed by atoms with E-state index in [0.717, 1.165) is 24.3 Å². The number of carbonyl (C=O) groups excluding carboxylic acids is 2. The van der Waals surface area contributed by atoms with Gasteiger partial charge in [-0.05, 0) is 42.8 Å². The number of amides is 2. The van der Waals surface area contributed by atoms with Crippen molar-refractivity contribution in [3.63, 3.8) is 0 Å². The molecule has 1 aromatic heterocycles. The summed E-state index contributed by atoms with van der Waals surface area (Å²) in [5.74, 6) is 0.0306. The fraction of sp³-hybridized carbons (Fsp3) is 0.368. The van der Waals surface area contributed by atoms with Gasteiger partial charge in [-0.25, -0.2) is 0 Å². The molecule has 0 aliphatic carbocycles. The first-order valence-corrected chi connectivity index (χ1v) is 8.68. The summed E-state index contributed by atoms with van der Waals surface area (Å²) in [5.41, 5.74) is 2.80. The van der Waals surface area contributed by atoms with Gasteiger partial charge in [0.1, 0.15) is 6.04 Å². The number of fused-ring (bicyclic) bond motifs is 1. The zero-order chi connectivity index (χ0) is 17.4. The summed E-state index contributed by atoms with van der Waals surface area (Å²) in [6.07, 6.45) is 3.98. The molecule has 3 heterocycles. The molecule has 2 amide bonds. The Kier molecular flexibility index (Phi) is 4.05. The molecule has 130 valence electrons. The fourth-order valence-electron chi connectivity index (χ4n) is 3.72. The van der Waals surface area contributed by atoms with Gasteiger partial charge >= 0.3 is 0 Å². The van der Waals surface area contributed by atoms with Crippen molar-refractivity contribution in [2.24, 2.45) is 0 Å². The van der Waals surface area contributed by atoms with E-state index in [1.165, 1.54) is 0 Å². The SMILES string of the molecule is Cc1cc(C(=O)N2CCN3CCNC(=O)C3C2)ccc1-n1cccc1. The van der Waals surface area contributed by atoms with Crippen LogP contribution in [0.25, 0.3) is 5.69 Å². The Balaban J connectivity index is 1.53. The zero-order valence-corrected chi connectivity index (χ0v) is 14.3. The summed E-state index contributed by atoms with van der Waals surface area (Å²) in [5, 5.41) is 2.89. The van der Waals surface area contributed by atoms with E-state index in [4.69, 9.17) is 0 Å². The molecule has 2 aliphatic heterocycles. The molecule has 0 saturated carbocycles. The number of hydrogen-bond donors (Lipinski definition) is 1. The van der Waals surface area contributed by atoms with E-state index in [1.807, 2.05) is 54.2 Å². The van der Waals surface area contributed by atoms with Crippen LogP contribution in [0.15, 0.2) is 42.7 Å². The predicted molar refractivity (Wildman–Crippen MR) is 94.8 cm³/mol. The second-order valence-electron chi connectivity index (χ2n) is 6.69. The third-order valence-electron chi connectivity index (χ3n) is 5.11. The van der Waals surface area contributed by atoms with Crippen LogP contribution in [0.2, 0.25) is 0 Å². The monoisotopic (exact) mass is 338 g/mol. The van der Waals surface area contributed by atoms with Crippen molar-refractivity contribution in [3.05, 3.63) is 53.9 Å². The number of nitrogens with one attached hydrogen (secondary N) is 1. The van der Waals surface area contributed by atoms with E-state index in [0.29, 0.717) is 25.2 Å². The number of nitrogens with zero attached hydrogens (tertiary/aromatic N) is 3.